The van der Waals surface area contributed by atoms with Crippen LogP contribution in [-0.4, -0.2) is 55.4 Å². The lowest BCUT2D eigenvalue weighted by Gasteiger charge is -2.44. The van der Waals surface area contributed by atoms with E-state index < -0.39 is 5.41 Å². The van der Waals surface area contributed by atoms with Crippen LogP contribution in [0.3, 0.4) is 0 Å². The Bertz CT molecular complexity index is 936. The minimum Gasteiger partial charge on any atom is -0.488 e. The molecule has 1 atom stereocenters. The number of carbonyl (C=O) groups excluding carboxylic acids is 1. The van der Waals surface area contributed by atoms with Crippen LogP contribution in [0.5, 0.6) is 5.75 Å². The Morgan fingerprint density at radius 3 is 2.38 bits per heavy atom. The fraction of sp³-hybridized carbons (Fsp3) is 0.500. The Kier molecular flexibility index (Phi) is 5.91. The molecule has 3 fully saturated rings. The van der Waals surface area contributed by atoms with Crippen LogP contribution in [-0.2, 0) is 19.7 Å². The number of likely N-dealkylation sites (tertiary alicyclic amines) is 1. The molecule has 0 aliphatic carbocycles. The number of amides is 1. The average Bonchev–Trinajstić information content (AvgIpc) is 3.22. The summed E-state index contributed by atoms with van der Waals surface area (Å²) in [5.74, 6) is 0.573. The Morgan fingerprint density at radius 2 is 1.66 bits per heavy atom. The molecule has 1 spiro atoms. The molecule has 3 saturated heterocycles. The molecule has 170 valence electrons. The molecule has 0 bridgehead atoms. The van der Waals surface area contributed by atoms with E-state index in [4.69, 9.17) is 14.2 Å². The van der Waals surface area contributed by atoms with Crippen LogP contribution in [0.2, 0.25) is 0 Å². The maximum Gasteiger partial charge on any atom is 0.233 e. The minimum absolute atomic E-state index is 0.0239. The molecule has 3 aliphatic rings. The van der Waals surface area contributed by atoms with E-state index in [0.29, 0.717) is 51.3 Å². The maximum atomic E-state index is 14.8. The van der Waals surface area contributed by atoms with E-state index in [9.17, 15) is 9.18 Å². The Hall–Kier alpha value is -2.44. The van der Waals surface area contributed by atoms with Crippen molar-refractivity contribution in [1.82, 2.24) is 4.90 Å². The highest BCUT2D eigenvalue weighted by Crippen LogP contribution is 2.42. The molecule has 0 radical (unpaired) electrons. The number of halogens is 1. The Morgan fingerprint density at radius 1 is 0.969 bits per heavy atom. The van der Waals surface area contributed by atoms with Crippen LogP contribution >= 0.6 is 0 Å². The van der Waals surface area contributed by atoms with Gasteiger partial charge in [0.05, 0.1) is 17.6 Å². The highest BCUT2D eigenvalue weighted by molar-refractivity contribution is 5.88. The van der Waals surface area contributed by atoms with E-state index in [1.165, 1.54) is 6.07 Å². The standard InChI is InChI=1S/C26H30FNO4/c27-23-9-5-4-8-22(23)26(12-16-30-17-13-26)24(29)28-14-10-25(11-15-28)18-21(19-31-25)32-20-6-2-1-3-7-20/h1-9,21H,10-19H2. The largest absolute Gasteiger partial charge is 0.488 e. The van der Waals surface area contributed by atoms with E-state index in [1.807, 2.05) is 41.3 Å². The Labute approximate surface area is 188 Å². The lowest BCUT2D eigenvalue weighted by molar-refractivity contribution is -0.146. The summed E-state index contributed by atoms with van der Waals surface area (Å²) in [5, 5.41) is 0. The van der Waals surface area contributed by atoms with E-state index in [-0.39, 0.29) is 23.4 Å². The molecule has 1 unspecified atom stereocenters. The second kappa shape index (κ2) is 8.83. The summed E-state index contributed by atoms with van der Waals surface area (Å²) in [7, 11) is 0. The number of benzene rings is 2. The third-order valence-electron chi connectivity index (χ3n) is 7.33. The van der Waals surface area contributed by atoms with Crippen molar-refractivity contribution < 1.29 is 23.4 Å². The summed E-state index contributed by atoms with van der Waals surface area (Å²) in [5.41, 5.74) is -0.581. The van der Waals surface area contributed by atoms with Crippen molar-refractivity contribution in [1.29, 1.82) is 0 Å². The van der Waals surface area contributed by atoms with Gasteiger partial charge in [0, 0.05) is 38.3 Å². The zero-order valence-electron chi connectivity index (χ0n) is 18.3. The molecule has 0 aromatic heterocycles. The molecule has 3 heterocycles. The van der Waals surface area contributed by atoms with Crippen LogP contribution in [0.4, 0.5) is 4.39 Å². The van der Waals surface area contributed by atoms with Crippen molar-refractivity contribution >= 4 is 5.91 Å². The molecule has 0 saturated carbocycles. The summed E-state index contributed by atoms with van der Waals surface area (Å²) < 4.78 is 32.6. The van der Waals surface area contributed by atoms with Gasteiger partial charge < -0.3 is 19.1 Å². The summed E-state index contributed by atoms with van der Waals surface area (Å²) in [6.07, 6.45) is 3.43. The molecule has 6 heteroatoms. The number of piperidine rings is 1. The van der Waals surface area contributed by atoms with Crippen molar-refractivity contribution in [2.45, 2.75) is 49.2 Å². The fourth-order valence-corrected chi connectivity index (χ4v) is 5.51. The van der Waals surface area contributed by atoms with Crippen LogP contribution in [0, 0.1) is 5.82 Å². The second-order valence-electron chi connectivity index (χ2n) is 9.22. The van der Waals surface area contributed by atoms with Gasteiger partial charge in [0.15, 0.2) is 0 Å². The molecule has 32 heavy (non-hydrogen) atoms. The second-order valence-corrected chi connectivity index (χ2v) is 9.22. The predicted octanol–water partition coefficient (Wildman–Crippen LogP) is 4.10. The molecule has 1 amide bonds. The first kappa shape index (κ1) is 21.4. The van der Waals surface area contributed by atoms with Crippen LogP contribution < -0.4 is 4.74 Å². The molecule has 5 nitrogen and oxygen atoms in total. The third kappa shape index (κ3) is 4.02. The van der Waals surface area contributed by atoms with Crippen molar-refractivity contribution in [2.24, 2.45) is 0 Å². The SMILES string of the molecule is O=C(N1CCC2(CC1)CC(Oc1ccccc1)CO2)C1(c2ccccc2F)CCOCC1. The lowest BCUT2D eigenvalue weighted by atomic mass is 9.72. The molecule has 2 aromatic carbocycles. The highest BCUT2D eigenvalue weighted by Gasteiger charge is 2.49. The first-order valence-corrected chi connectivity index (χ1v) is 11.6. The van der Waals surface area contributed by atoms with Crippen LogP contribution in [0.15, 0.2) is 54.6 Å². The number of rotatable bonds is 4. The molecular formula is C26H30FNO4. The topological polar surface area (TPSA) is 48.0 Å². The van der Waals surface area contributed by atoms with Gasteiger partial charge in [0.1, 0.15) is 17.7 Å². The van der Waals surface area contributed by atoms with Crippen molar-refractivity contribution in [2.75, 3.05) is 32.9 Å². The van der Waals surface area contributed by atoms with E-state index in [0.717, 1.165) is 25.0 Å². The van der Waals surface area contributed by atoms with Crippen molar-refractivity contribution in [3.63, 3.8) is 0 Å². The van der Waals surface area contributed by atoms with Gasteiger partial charge in [-0.2, -0.15) is 0 Å². The summed E-state index contributed by atoms with van der Waals surface area (Å²) in [4.78, 5) is 15.7. The fourth-order valence-electron chi connectivity index (χ4n) is 5.51. The van der Waals surface area contributed by atoms with Gasteiger partial charge in [-0.1, -0.05) is 36.4 Å². The number of nitrogens with zero attached hydrogens (tertiary/aromatic N) is 1. The van der Waals surface area contributed by atoms with Crippen molar-refractivity contribution in [3.8, 4) is 5.75 Å². The van der Waals surface area contributed by atoms with Gasteiger partial charge in [0.25, 0.3) is 0 Å². The van der Waals surface area contributed by atoms with Gasteiger partial charge in [-0.25, -0.2) is 4.39 Å². The Balaban J connectivity index is 1.26. The minimum atomic E-state index is -0.844. The number of para-hydroxylation sites is 1. The van der Waals surface area contributed by atoms with E-state index >= 15 is 0 Å². The highest BCUT2D eigenvalue weighted by atomic mass is 19.1. The zero-order chi connectivity index (χ0) is 22.0. The number of hydrogen-bond acceptors (Lipinski definition) is 4. The van der Waals surface area contributed by atoms with Crippen LogP contribution in [0.1, 0.15) is 37.7 Å². The van der Waals surface area contributed by atoms with Crippen molar-refractivity contribution in [3.05, 3.63) is 66.0 Å². The number of carbonyl (C=O) groups is 1. The number of hydrogen-bond donors (Lipinski definition) is 0. The van der Waals surface area contributed by atoms with E-state index in [1.54, 1.807) is 12.1 Å². The average molecular weight is 440 g/mol. The van der Waals surface area contributed by atoms with Gasteiger partial charge in [-0.05, 0) is 43.9 Å². The first-order chi connectivity index (χ1) is 15.6. The molecule has 2 aromatic rings. The first-order valence-electron chi connectivity index (χ1n) is 11.6. The molecule has 3 aliphatic heterocycles. The zero-order valence-corrected chi connectivity index (χ0v) is 18.3. The summed E-state index contributed by atoms with van der Waals surface area (Å²) in [6, 6.07) is 16.5. The molecular weight excluding hydrogens is 409 g/mol. The van der Waals surface area contributed by atoms with Gasteiger partial charge in [-0.3, -0.25) is 4.79 Å². The van der Waals surface area contributed by atoms with Gasteiger partial charge >= 0.3 is 0 Å². The summed E-state index contributed by atoms with van der Waals surface area (Å²) >= 11 is 0. The van der Waals surface area contributed by atoms with E-state index in [2.05, 4.69) is 0 Å². The predicted molar refractivity (Wildman–Crippen MR) is 118 cm³/mol. The van der Waals surface area contributed by atoms with Crippen LogP contribution in [0.25, 0.3) is 0 Å². The summed E-state index contributed by atoms with van der Waals surface area (Å²) in [6.45, 7) is 2.75. The molecule has 0 N–H and O–H groups in total. The smallest absolute Gasteiger partial charge is 0.233 e. The van der Waals surface area contributed by atoms with Gasteiger partial charge in [-0.15, -0.1) is 0 Å². The van der Waals surface area contributed by atoms with Gasteiger partial charge in [0.2, 0.25) is 5.91 Å². The molecule has 5 rings (SSSR count). The normalized spacial score (nSPS) is 24.4. The monoisotopic (exact) mass is 439 g/mol. The number of ether oxygens (including phenoxy) is 3. The third-order valence-corrected chi connectivity index (χ3v) is 7.33. The lowest BCUT2D eigenvalue weighted by Crippen LogP contribution is -2.54. The quantitative estimate of drug-likeness (QED) is 0.720. The maximum absolute atomic E-state index is 14.8.